The molecular formula is C13H11Br2NO2S. The number of thiophene rings is 1. The van der Waals surface area contributed by atoms with E-state index >= 15 is 0 Å². The third-order valence-electron chi connectivity index (χ3n) is 2.49. The summed E-state index contributed by atoms with van der Waals surface area (Å²) in [6.45, 7) is 0.435. The van der Waals surface area contributed by atoms with E-state index in [4.69, 9.17) is 4.74 Å². The fraction of sp³-hybridized carbons (Fsp3) is 0.154. The zero-order valence-electron chi connectivity index (χ0n) is 10.1. The van der Waals surface area contributed by atoms with E-state index in [0.29, 0.717) is 12.2 Å². The minimum Gasteiger partial charge on any atom is -0.380 e. The minimum atomic E-state index is -0.127. The molecular weight excluding hydrogens is 394 g/mol. The minimum absolute atomic E-state index is 0.127. The SMILES string of the molecule is COCc1c(Br)cccc1NC(=O)c1csc(Br)c1. The van der Waals surface area contributed by atoms with E-state index in [0.717, 1.165) is 19.5 Å². The Labute approximate surface area is 132 Å². The van der Waals surface area contributed by atoms with Crippen molar-refractivity contribution in [2.24, 2.45) is 0 Å². The summed E-state index contributed by atoms with van der Waals surface area (Å²) < 4.78 is 7.00. The number of amides is 1. The van der Waals surface area contributed by atoms with Crippen LogP contribution >= 0.6 is 43.2 Å². The van der Waals surface area contributed by atoms with Crippen molar-refractivity contribution in [3.05, 3.63) is 49.0 Å². The van der Waals surface area contributed by atoms with Crippen molar-refractivity contribution >= 4 is 54.8 Å². The lowest BCUT2D eigenvalue weighted by Gasteiger charge is -2.11. The maximum atomic E-state index is 12.1. The number of anilines is 1. The Kier molecular flexibility index (Phi) is 5.15. The van der Waals surface area contributed by atoms with Crippen LogP contribution in [-0.4, -0.2) is 13.0 Å². The van der Waals surface area contributed by atoms with Gasteiger partial charge in [0.25, 0.3) is 5.91 Å². The van der Waals surface area contributed by atoms with Crippen molar-refractivity contribution < 1.29 is 9.53 Å². The number of carbonyl (C=O) groups excluding carboxylic acids is 1. The van der Waals surface area contributed by atoms with Crippen LogP contribution in [0.1, 0.15) is 15.9 Å². The molecule has 1 aromatic carbocycles. The molecule has 0 spiro atoms. The van der Waals surface area contributed by atoms with Gasteiger partial charge < -0.3 is 10.1 Å². The molecule has 1 heterocycles. The van der Waals surface area contributed by atoms with Gasteiger partial charge in [0.1, 0.15) is 0 Å². The van der Waals surface area contributed by atoms with Gasteiger partial charge in [-0.2, -0.15) is 0 Å². The molecule has 100 valence electrons. The lowest BCUT2D eigenvalue weighted by molar-refractivity contribution is 0.102. The van der Waals surface area contributed by atoms with Crippen molar-refractivity contribution in [2.45, 2.75) is 6.61 Å². The molecule has 6 heteroatoms. The van der Waals surface area contributed by atoms with Gasteiger partial charge in [-0.3, -0.25) is 4.79 Å². The number of hydrogen-bond acceptors (Lipinski definition) is 3. The average Bonchev–Trinajstić information content (AvgIpc) is 2.80. The fourth-order valence-corrected chi connectivity index (χ4v) is 3.21. The van der Waals surface area contributed by atoms with Gasteiger partial charge in [-0.15, -0.1) is 11.3 Å². The third kappa shape index (κ3) is 3.66. The van der Waals surface area contributed by atoms with E-state index in [-0.39, 0.29) is 5.91 Å². The smallest absolute Gasteiger partial charge is 0.256 e. The van der Waals surface area contributed by atoms with E-state index in [2.05, 4.69) is 37.2 Å². The molecule has 0 radical (unpaired) electrons. The largest absolute Gasteiger partial charge is 0.380 e. The predicted molar refractivity (Wildman–Crippen MR) is 84.8 cm³/mol. The summed E-state index contributed by atoms with van der Waals surface area (Å²) in [5, 5.41) is 4.72. The number of halogens is 2. The molecule has 2 rings (SSSR count). The number of hydrogen-bond donors (Lipinski definition) is 1. The Bertz CT molecular complexity index is 598. The lowest BCUT2D eigenvalue weighted by atomic mass is 10.2. The molecule has 0 saturated carbocycles. The Morgan fingerprint density at radius 2 is 2.21 bits per heavy atom. The Morgan fingerprint density at radius 1 is 1.42 bits per heavy atom. The summed E-state index contributed by atoms with van der Waals surface area (Å²) in [7, 11) is 1.63. The molecule has 0 fully saturated rings. The maximum absolute atomic E-state index is 12.1. The number of rotatable bonds is 4. The molecule has 0 aliphatic heterocycles. The second-order valence-corrected chi connectivity index (χ2v) is 6.94. The molecule has 0 unspecified atom stereocenters. The highest BCUT2D eigenvalue weighted by Crippen LogP contribution is 2.27. The second-order valence-electron chi connectivity index (χ2n) is 3.79. The van der Waals surface area contributed by atoms with Crippen molar-refractivity contribution in [1.82, 2.24) is 0 Å². The molecule has 3 nitrogen and oxygen atoms in total. The first-order valence-electron chi connectivity index (χ1n) is 5.43. The van der Waals surface area contributed by atoms with Crippen molar-refractivity contribution in [3.8, 4) is 0 Å². The molecule has 0 aliphatic carbocycles. The van der Waals surface area contributed by atoms with Crippen LogP contribution in [0.15, 0.2) is 37.9 Å². The molecule has 19 heavy (non-hydrogen) atoms. The maximum Gasteiger partial charge on any atom is 0.256 e. The summed E-state index contributed by atoms with van der Waals surface area (Å²) >= 11 is 8.29. The zero-order valence-corrected chi connectivity index (χ0v) is 14.1. The van der Waals surface area contributed by atoms with Gasteiger partial charge in [0.15, 0.2) is 0 Å². The van der Waals surface area contributed by atoms with Gasteiger partial charge in [-0.25, -0.2) is 0 Å². The Morgan fingerprint density at radius 3 is 2.84 bits per heavy atom. The van der Waals surface area contributed by atoms with Gasteiger partial charge in [-0.1, -0.05) is 22.0 Å². The molecule has 1 amide bonds. The molecule has 0 aliphatic rings. The molecule has 1 aromatic heterocycles. The summed E-state index contributed by atoms with van der Waals surface area (Å²) in [4.78, 5) is 12.1. The summed E-state index contributed by atoms with van der Waals surface area (Å²) in [5.74, 6) is -0.127. The first kappa shape index (κ1) is 14.7. The van der Waals surface area contributed by atoms with Crippen molar-refractivity contribution in [3.63, 3.8) is 0 Å². The normalized spacial score (nSPS) is 10.5. The van der Waals surface area contributed by atoms with E-state index in [1.54, 1.807) is 13.2 Å². The topological polar surface area (TPSA) is 38.3 Å². The van der Waals surface area contributed by atoms with Crippen LogP contribution in [0.2, 0.25) is 0 Å². The van der Waals surface area contributed by atoms with Crippen LogP contribution in [-0.2, 0) is 11.3 Å². The highest BCUT2D eigenvalue weighted by molar-refractivity contribution is 9.11. The van der Waals surface area contributed by atoms with Crippen LogP contribution in [0.4, 0.5) is 5.69 Å². The molecule has 1 N–H and O–H groups in total. The number of benzene rings is 1. The van der Waals surface area contributed by atoms with E-state index in [1.807, 2.05) is 23.6 Å². The average molecular weight is 405 g/mol. The van der Waals surface area contributed by atoms with E-state index in [1.165, 1.54) is 11.3 Å². The molecule has 2 aromatic rings. The Balaban J connectivity index is 2.23. The predicted octanol–water partition coefficient (Wildman–Crippen LogP) is 4.67. The van der Waals surface area contributed by atoms with Crippen LogP contribution in [0, 0.1) is 0 Å². The lowest BCUT2D eigenvalue weighted by Crippen LogP contribution is -2.12. The van der Waals surface area contributed by atoms with E-state index < -0.39 is 0 Å². The van der Waals surface area contributed by atoms with Crippen molar-refractivity contribution in [1.29, 1.82) is 0 Å². The van der Waals surface area contributed by atoms with Crippen molar-refractivity contribution in [2.75, 3.05) is 12.4 Å². The van der Waals surface area contributed by atoms with Crippen LogP contribution in [0.5, 0.6) is 0 Å². The third-order valence-corrected chi connectivity index (χ3v) is 4.73. The Hall–Kier alpha value is -0.690. The monoisotopic (exact) mass is 403 g/mol. The van der Waals surface area contributed by atoms with Crippen LogP contribution in [0.3, 0.4) is 0 Å². The second kappa shape index (κ2) is 6.65. The van der Waals surface area contributed by atoms with E-state index in [9.17, 15) is 4.79 Å². The number of carbonyl (C=O) groups is 1. The highest BCUT2D eigenvalue weighted by Gasteiger charge is 2.12. The number of ether oxygens (including phenoxy) is 1. The summed E-state index contributed by atoms with van der Waals surface area (Å²) in [6.07, 6.45) is 0. The zero-order chi connectivity index (χ0) is 13.8. The first-order valence-corrected chi connectivity index (χ1v) is 7.90. The summed E-state index contributed by atoms with van der Waals surface area (Å²) in [5.41, 5.74) is 2.32. The quantitative estimate of drug-likeness (QED) is 0.803. The fourth-order valence-electron chi connectivity index (χ4n) is 1.59. The van der Waals surface area contributed by atoms with Gasteiger partial charge in [-0.05, 0) is 34.1 Å². The van der Waals surface area contributed by atoms with Gasteiger partial charge in [0, 0.05) is 28.2 Å². The first-order chi connectivity index (χ1) is 9.11. The van der Waals surface area contributed by atoms with Gasteiger partial charge in [0.05, 0.1) is 16.0 Å². The van der Waals surface area contributed by atoms with Gasteiger partial charge >= 0.3 is 0 Å². The van der Waals surface area contributed by atoms with Crippen LogP contribution in [0.25, 0.3) is 0 Å². The number of methoxy groups -OCH3 is 1. The number of nitrogens with one attached hydrogen (secondary N) is 1. The highest BCUT2D eigenvalue weighted by atomic mass is 79.9. The van der Waals surface area contributed by atoms with Gasteiger partial charge in [0.2, 0.25) is 0 Å². The molecule has 0 bridgehead atoms. The summed E-state index contributed by atoms with van der Waals surface area (Å²) in [6, 6.07) is 7.46. The van der Waals surface area contributed by atoms with Crippen LogP contribution < -0.4 is 5.32 Å². The standard InChI is InChI=1S/C13H11Br2NO2S/c1-18-6-9-10(14)3-2-4-11(9)16-13(17)8-5-12(15)19-7-8/h2-5,7H,6H2,1H3,(H,16,17). The molecule has 0 atom stereocenters. The molecule has 0 saturated heterocycles.